The van der Waals surface area contributed by atoms with Crippen molar-refractivity contribution < 1.29 is 9.53 Å². The molecule has 2 aliphatic rings. The average Bonchev–Trinajstić information content (AvgIpc) is 2.87. The largest absolute Gasteiger partial charge is 0.493 e. The Morgan fingerprint density at radius 1 is 0.938 bits per heavy atom. The van der Waals surface area contributed by atoms with Gasteiger partial charge in [-0.25, -0.2) is 0 Å². The average molecular weight is 433 g/mol. The highest BCUT2D eigenvalue weighted by molar-refractivity contribution is 5.94. The fourth-order valence-electron chi connectivity index (χ4n) is 4.55. The van der Waals surface area contributed by atoms with E-state index in [0.29, 0.717) is 38.3 Å². The van der Waals surface area contributed by atoms with Crippen molar-refractivity contribution in [2.45, 2.75) is 25.7 Å². The molecule has 32 heavy (non-hydrogen) atoms. The van der Waals surface area contributed by atoms with Crippen LogP contribution in [-0.4, -0.2) is 68.1 Å². The van der Waals surface area contributed by atoms with E-state index < -0.39 is 0 Å². The second kappa shape index (κ2) is 11.0. The number of nitrogens with zero attached hydrogens (tertiary/aromatic N) is 4. The molecule has 0 atom stereocenters. The molecule has 0 radical (unpaired) electrons. The number of nitriles is 1. The first-order chi connectivity index (χ1) is 15.7. The monoisotopic (exact) mass is 432 g/mol. The van der Waals surface area contributed by atoms with Gasteiger partial charge in [0.05, 0.1) is 17.9 Å². The predicted molar refractivity (Wildman–Crippen MR) is 126 cm³/mol. The molecule has 0 bridgehead atoms. The zero-order chi connectivity index (χ0) is 22.2. The van der Waals surface area contributed by atoms with Crippen molar-refractivity contribution in [1.82, 2.24) is 9.80 Å². The van der Waals surface area contributed by atoms with Crippen molar-refractivity contribution in [2.75, 3.05) is 57.3 Å². The zero-order valence-corrected chi connectivity index (χ0v) is 18.7. The van der Waals surface area contributed by atoms with Crippen LogP contribution in [0.4, 0.5) is 5.69 Å². The van der Waals surface area contributed by atoms with Gasteiger partial charge in [-0.15, -0.1) is 0 Å². The Hall–Kier alpha value is -3.04. The summed E-state index contributed by atoms with van der Waals surface area (Å²) in [5.41, 5.74) is 2.27. The molecule has 168 valence electrons. The summed E-state index contributed by atoms with van der Waals surface area (Å²) in [6.07, 6.45) is 4.97. The highest BCUT2D eigenvalue weighted by atomic mass is 16.5. The molecule has 2 aliphatic heterocycles. The number of carbonyl (C=O) groups is 1. The number of benzene rings is 2. The minimum Gasteiger partial charge on any atom is -0.493 e. The van der Waals surface area contributed by atoms with Gasteiger partial charge in [-0.05, 0) is 62.7 Å². The van der Waals surface area contributed by atoms with Gasteiger partial charge in [-0.1, -0.05) is 24.6 Å². The van der Waals surface area contributed by atoms with E-state index in [1.807, 2.05) is 53.4 Å². The Kier molecular flexibility index (Phi) is 7.63. The summed E-state index contributed by atoms with van der Waals surface area (Å²) in [4.78, 5) is 19.3. The van der Waals surface area contributed by atoms with E-state index in [1.165, 1.54) is 32.4 Å². The van der Waals surface area contributed by atoms with Gasteiger partial charge in [-0.3, -0.25) is 4.79 Å². The van der Waals surface area contributed by atoms with E-state index in [9.17, 15) is 10.1 Å². The smallest absolute Gasteiger partial charge is 0.253 e. The van der Waals surface area contributed by atoms with E-state index in [0.717, 1.165) is 30.0 Å². The lowest BCUT2D eigenvalue weighted by Crippen LogP contribution is -2.49. The first kappa shape index (κ1) is 22.2. The van der Waals surface area contributed by atoms with Gasteiger partial charge in [0, 0.05) is 38.3 Å². The molecular formula is C26H32N4O2. The molecule has 2 aromatic rings. The molecule has 6 nitrogen and oxygen atoms in total. The maximum atomic E-state index is 12.7. The second-order valence-corrected chi connectivity index (χ2v) is 8.54. The van der Waals surface area contributed by atoms with Gasteiger partial charge in [0.15, 0.2) is 0 Å². The van der Waals surface area contributed by atoms with E-state index >= 15 is 0 Å². The van der Waals surface area contributed by atoms with E-state index in [4.69, 9.17) is 4.74 Å². The third-order valence-electron chi connectivity index (χ3n) is 6.35. The molecule has 2 saturated heterocycles. The number of amides is 1. The van der Waals surface area contributed by atoms with Crippen LogP contribution in [0.2, 0.25) is 0 Å². The zero-order valence-electron chi connectivity index (χ0n) is 18.7. The number of anilines is 1. The van der Waals surface area contributed by atoms with Gasteiger partial charge < -0.3 is 19.4 Å². The van der Waals surface area contributed by atoms with E-state index in [-0.39, 0.29) is 5.91 Å². The minimum atomic E-state index is 0.0686. The predicted octanol–water partition coefficient (Wildman–Crippen LogP) is 3.78. The maximum absolute atomic E-state index is 12.7. The van der Waals surface area contributed by atoms with Crippen molar-refractivity contribution in [2.24, 2.45) is 0 Å². The van der Waals surface area contributed by atoms with Crippen LogP contribution in [0, 0.1) is 11.3 Å². The third kappa shape index (κ3) is 5.60. The van der Waals surface area contributed by atoms with Crippen molar-refractivity contribution in [3.63, 3.8) is 0 Å². The Morgan fingerprint density at radius 3 is 2.41 bits per heavy atom. The van der Waals surface area contributed by atoms with Crippen LogP contribution in [0.5, 0.6) is 5.75 Å². The summed E-state index contributed by atoms with van der Waals surface area (Å²) in [5, 5.41) is 9.70. The molecule has 0 spiro atoms. The number of piperidine rings is 1. The van der Waals surface area contributed by atoms with Gasteiger partial charge >= 0.3 is 0 Å². The fraction of sp³-hybridized carbons (Fsp3) is 0.462. The Balaban J connectivity index is 1.28. The Morgan fingerprint density at radius 2 is 1.69 bits per heavy atom. The molecule has 2 heterocycles. The molecule has 2 fully saturated rings. The van der Waals surface area contributed by atoms with E-state index in [2.05, 4.69) is 15.9 Å². The number of likely N-dealkylation sites (tertiary alicyclic amines) is 1. The molecule has 0 saturated carbocycles. The summed E-state index contributed by atoms with van der Waals surface area (Å²) in [6.45, 7) is 6.87. The lowest BCUT2D eigenvalue weighted by molar-refractivity contribution is 0.0747. The lowest BCUT2D eigenvalue weighted by Gasteiger charge is -2.36. The number of hydrogen-bond donors (Lipinski definition) is 0. The van der Waals surface area contributed by atoms with Gasteiger partial charge in [0.25, 0.3) is 5.91 Å². The van der Waals surface area contributed by atoms with Crippen LogP contribution in [0.3, 0.4) is 0 Å². The number of rotatable bonds is 7. The van der Waals surface area contributed by atoms with Gasteiger partial charge in [-0.2, -0.15) is 5.26 Å². The van der Waals surface area contributed by atoms with Crippen LogP contribution in [0.15, 0.2) is 48.5 Å². The van der Waals surface area contributed by atoms with Crippen LogP contribution >= 0.6 is 0 Å². The maximum Gasteiger partial charge on any atom is 0.253 e. The number of hydrogen-bond acceptors (Lipinski definition) is 5. The first-order valence-corrected chi connectivity index (χ1v) is 11.7. The topological polar surface area (TPSA) is 59.8 Å². The number of carbonyl (C=O) groups excluding carboxylic acids is 1. The minimum absolute atomic E-state index is 0.0686. The van der Waals surface area contributed by atoms with Crippen molar-refractivity contribution >= 4 is 11.6 Å². The first-order valence-electron chi connectivity index (χ1n) is 11.7. The van der Waals surface area contributed by atoms with Crippen LogP contribution in [0.25, 0.3) is 0 Å². The second-order valence-electron chi connectivity index (χ2n) is 8.54. The molecular weight excluding hydrogens is 400 g/mol. The van der Waals surface area contributed by atoms with Crippen molar-refractivity contribution in [3.8, 4) is 11.8 Å². The van der Waals surface area contributed by atoms with Crippen LogP contribution < -0.4 is 9.64 Å². The normalized spacial score (nSPS) is 17.1. The molecule has 6 heteroatoms. The SMILES string of the molecule is N#Cc1cc(OCCCN2CCCCC2)ccc1N1CCN(C(=O)c2ccccc2)CC1. The summed E-state index contributed by atoms with van der Waals surface area (Å²) in [5.74, 6) is 0.820. The van der Waals surface area contributed by atoms with Crippen molar-refractivity contribution in [3.05, 3.63) is 59.7 Å². The fourth-order valence-corrected chi connectivity index (χ4v) is 4.55. The number of piperazine rings is 1. The summed E-state index contributed by atoms with van der Waals surface area (Å²) < 4.78 is 5.93. The Bertz CT molecular complexity index is 927. The molecule has 4 rings (SSSR count). The highest BCUT2D eigenvalue weighted by Gasteiger charge is 2.23. The molecule has 1 amide bonds. The van der Waals surface area contributed by atoms with Crippen molar-refractivity contribution in [1.29, 1.82) is 5.26 Å². The molecule has 0 aromatic heterocycles. The van der Waals surface area contributed by atoms with Crippen LogP contribution in [0.1, 0.15) is 41.6 Å². The van der Waals surface area contributed by atoms with Crippen LogP contribution in [-0.2, 0) is 0 Å². The summed E-state index contributed by atoms with van der Waals surface area (Å²) in [6, 6.07) is 17.5. The van der Waals surface area contributed by atoms with Gasteiger partial charge in [0.2, 0.25) is 0 Å². The van der Waals surface area contributed by atoms with Gasteiger partial charge in [0.1, 0.15) is 11.8 Å². The molecule has 0 aliphatic carbocycles. The third-order valence-corrected chi connectivity index (χ3v) is 6.35. The highest BCUT2D eigenvalue weighted by Crippen LogP contribution is 2.26. The lowest BCUT2D eigenvalue weighted by atomic mass is 10.1. The molecule has 0 unspecified atom stereocenters. The summed E-state index contributed by atoms with van der Waals surface area (Å²) in [7, 11) is 0. The standard InChI is InChI=1S/C26H32N4O2/c27-21-23-20-24(32-19-7-14-28-12-5-2-6-13-28)10-11-25(23)29-15-17-30(18-16-29)26(31)22-8-3-1-4-9-22/h1,3-4,8-11,20H,2,5-7,12-19H2. The number of ether oxygens (including phenoxy) is 1. The van der Waals surface area contributed by atoms with E-state index in [1.54, 1.807) is 0 Å². The Labute approximate surface area is 191 Å². The molecule has 2 aromatic carbocycles. The summed E-state index contributed by atoms with van der Waals surface area (Å²) >= 11 is 0. The quantitative estimate of drug-likeness (QED) is 0.623. The molecule has 0 N–H and O–H groups in total.